The zero-order valence-electron chi connectivity index (χ0n) is 80.3. The summed E-state index contributed by atoms with van der Waals surface area (Å²) < 4.78 is 98.9. The van der Waals surface area contributed by atoms with Crippen LogP contribution in [0.15, 0.2) is 286 Å². The number of aliphatic hydroxyl groups is 2. The van der Waals surface area contributed by atoms with Crippen molar-refractivity contribution in [2.75, 3.05) is 74.2 Å². The van der Waals surface area contributed by atoms with Crippen LogP contribution in [-0.4, -0.2) is 186 Å². The van der Waals surface area contributed by atoms with E-state index in [0.717, 1.165) is 52.9 Å². The fourth-order valence-electron chi connectivity index (χ4n) is 13.0. The predicted molar refractivity (Wildman–Crippen MR) is 515 cm³/mol. The zero-order chi connectivity index (χ0) is 101. The first-order chi connectivity index (χ1) is 69.3. The number of carbonyl (C=O) groups is 6. The molecule has 3 aromatic heterocycles. The number of esters is 6. The van der Waals surface area contributed by atoms with Gasteiger partial charge in [-0.15, -0.1) is 23.8 Å². The predicted octanol–water partition coefficient (Wildman–Crippen LogP) is 12.3. The largest absolute Gasteiger partial charge is 0.848 e. The van der Waals surface area contributed by atoms with E-state index in [-0.39, 0.29) is 58.7 Å². The molecule has 36 nitrogen and oxygen atoms in total. The minimum Gasteiger partial charge on any atom is -0.848 e. The van der Waals surface area contributed by atoms with Crippen molar-refractivity contribution in [1.29, 1.82) is 0 Å². The van der Waals surface area contributed by atoms with Crippen LogP contribution in [-0.2, 0) is 69.3 Å². The summed E-state index contributed by atoms with van der Waals surface area (Å²) >= 11 is 0. The molecule has 2 aliphatic heterocycles. The van der Waals surface area contributed by atoms with Gasteiger partial charge in [0.25, 0.3) is 0 Å². The highest BCUT2D eigenvalue weighted by atomic mass is 16.6. The van der Waals surface area contributed by atoms with Crippen LogP contribution < -0.4 is 85.9 Å². The molecule has 0 bridgehead atoms. The molecule has 14 aromatic rings. The minimum absolute atomic E-state index is 0.0154. The van der Waals surface area contributed by atoms with Gasteiger partial charge in [0.15, 0.2) is 35.2 Å². The lowest BCUT2D eigenvalue weighted by Gasteiger charge is -2.25. The molecule has 3 fully saturated rings. The van der Waals surface area contributed by atoms with Gasteiger partial charge in [0.05, 0.1) is 83.3 Å². The molecule has 2 N–H and O–H groups in total. The fourth-order valence-corrected chi connectivity index (χ4v) is 13.0. The third-order valence-electron chi connectivity index (χ3n) is 20.2. The van der Waals surface area contributed by atoms with Crippen molar-refractivity contribution in [3.8, 4) is 131 Å². The van der Waals surface area contributed by atoms with Crippen LogP contribution in [0.4, 0.5) is 0 Å². The molecule has 2 saturated heterocycles. The monoisotopic (exact) mass is 1950 g/mol. The van der Waals surface area contributed by atoms with Gasteiger partial charge >= 0.3 is 35.8 Å². The summed E-state index contributed by atoms with van der Waals surface area (Å²) in [5, 5.41) is 62.2. The van der Waals surface area contributed by atoms with Gasteiger partial charge < -0.3 is 101 Å². The Bertz CT molecular complexity index is 6290. The van der Waals surface area contributed by atoms with Crippen molar-refractivity contribution in [1.82, 2.24) is 34.8 Å². The molecule has 3 aliphatic rings. The number of aromatic nitrogens is 9. The molecular formula is C107H111N9O27. The van der Waals surface area contributed by atoms with Crippen LogP contribution in [0.1, 0.15) is 71.9 Å². The van der Waals surface area contributed by atoms with Crippen molar-refractivity contribution in [3.05, 3.63) is 297 Å². The topological polar surface area (TPSA) is 427 Å². The van der Waals surface area contributed by atoms with Crippen LogP contribution in [0.25, 0.3) is 50.8 Å². The third-order valence-corrected chi connectivity index (χ3v) is 20.2. The van der Waals surface area contributed by atoms with E-state index in [0.29, 0.717) is 128 Å². The van der Waals surface area contributed by atoms with Crippen LogP contribution >= 0.6 is 0 Å². The molecule has 5 atom stereocenters. The van der Waals surface area contributed by atoms with Crippen LogP contribution in [0.2, 0.25) is 0 Å². The SMILES string of the molecule is C1CC1.CC(=O)Oc1cccc(-c2cn(-c3cccc(OC(C)=O)c3)n[n+]2CC([O-])COc2ccc(CO)cc2)c1.CC(=O)Oc1cccc(-c2cn(-c3cccc(OC(C)=O)c3)nn2)c1.COc1ccc(OCC([O-])COC(COc2ccc(CO)cc2)C[n+]2nn(-c3cccc(OC(C)=O)c3)cc2-c2cccc(OC(C)=O)c2)cc1.COc1ccc(OCC2CO2)cc1.COc1ccc(OCC2CO2)cc1. The Morgan fingerprint density at radius 2 is 0.664 bits per heavy atom. The molecule has 746 valence electrons. The molecule has 1 saturated carbocycles. The molecule has 36 heteroatoms. The highest BCUT2D eigenvalue weighted by Crippen LogP contribution is 2.31. The average molecular weight is 1960 g/mol. The van der Waals surface area contributed by atoms with Gasteiger partial charge in [-0.3, -0.25) is 28.8 Å². The summed E-state index contributed by atoms with van der Waals surface area (Å²) in [5.74, 6) is 5.39. The number of ether oxygens (including phenoxy) is 17. The van der Waals surface area contributed by atoms with Crippen molar-refractivity contribution in [2.45, 2.75) is 118 Å². The number of epoxide rings is 2. The Kier molecular flexibility index (Phi) is 40.2. The first-order valence-corrected chi connectivity index (χ1v) is 45.5. The number of aliphatic hydroxyl groups excluding tert-OH is 2. The average Bonchev–Trinajstić information content (AvgIpc) is 1.66. The molecular weight excluding hydrogens is 1840 g/mol. The van der Waals surface area contributed by atoms with Gasteiger partial charge in [-0.1, -0.05) is 109 Å². The number of hydrogen-bond donors (Lipinski definition) is 2. The fraction of sp³-hybridized carbons (Fsp3) is 0.271. The number of methoxy groups -OCH3 is 3. The summed E-state index contributed by atoms with van der Waals surface area (Å²) in [6.45, 7) is 10.5. The lowest BCUT2D eigenvalue weighted by molar-refractivity contribution is -0.765. The van der Waals surface area contributed by atoms with Crippen molar-refractivity contribution in [3.63, 3.8) is 0 Å². The maximum absolute atomic E-state index is 13.0. The second-order valence-electron chi connectivity index (χ2n) is 32.1. The van der Waals surface area contributed by atoms with Gasteiger partial charge in [-0.2, -0.15) is 0 Å². The molecule has 17 rings (SSSR count). The molecule has 0 spiro atoms. The maximum Gasteiger partial charge on any atom is 0.308 e. The van der Waals surface area contributed by atoms with E-state index < -0.39 is 48.2 Å². The Labute approximate surface area is 825 Å². The second-order valence-corrected chi connectivity index (χ2v) is 32.1. The standard InChI is InChI=1S/C38H39N3O10.C28H27N3O7.C18H15N3O4.2C10H12O3.C3H6/c1-26(43)50-35-8-4-6-29(18-35)38-21-40(30-7-5-9-36(19-30)51-27(2)44)39-41(38)20-37(25-49-33-12-10-28(22-42)11-13-33)48-24-31(45)23-47-34-16-14-32(46-3)15-17-34;1-19(33)37-26-7-3-5-22(13-26)28-16-30(23-6-4-8-27(14-23)38-20(2)34)29-31(28)15-24(35)18-36-25-11-9-21(17-32)10-12-25;1-12(22)24-16-7-3-5-14(9-16)18-11-21(20-19-18)15-6-4-8-17(10-15)25-13(2)23;2*1-11-8-2-4-9(5-3-8)12-6-10-7-13-10;1-2-3-1/h4-19,21,31,37,42H,20,22-25H2,1-3H3;3-14,16,24,32H,15,17-18H2,1-2H3;3-11H,1-2H3;2*2-5,10H,6-7H2,1H3;1-3H2. The van der Waals surface area contributed by atoms with Crippen LogP contribution in [0.5, 0.6) is 80.5 Å². The van der Waals surface area contributed by atoms with Gasteiger partial charge in [-0.05, 0) is 187 Å². The first-order valence-electron chi connectivity index (χ1n) is 45.5. The minimum atomic E-state index is -1.22. The number of benzene rings is 11. The molecule has 0 radical (unpaired) electrons. The quantitative estimate of drug-likeness (QED) is 0.0156. The first kappa shape index (κ1) is 106. The number of hydrogen-bond acceptors (Lipinski definition) is 31. The number of carbonyl (C=O) groups excluding carboxylic acids is 6. The van der Waals surface area contributed by atoms with Crippen molar-refractivity contribution < 1.29 is 139 Å². The highest BCUT2D eigenvalue weighted by Gasteiger charge is 2.29. The summed E-state index contributed by atoms with van der Waals surface area (Å²) in [7, 11) is 4.86. The molecule has 11 aromatic carbocycles. The van der Waals surface area contributed by atoms with E-state index in [1.807, 2.05) is 72.8 Å². The van der Waals surface area contributed by atoms with Gasteiger partial charge in [0.2, 0.25) is 0 Å². The van der Waals surface area contributed by atoms with Gasteiger partial charge in [-0.25, -0.2) is 4.68 Å². The lowest BCUT2D eigenvalue weighted by Crippen LogP contribution is -2.50. The smallest absolute Gasteiger partial charge is 0.308 e. The normalized spacial score (nSPS) is 13.3. The van der Waals surface area contributed by atoms with E-state index in [1.54, 1.807) is 257 Å². The Balaban J connectivity index is 0.000000172. The number of rotatable bonds is 39. The molecule has 1 aliphatic carbocycles. The van der Waals surface area contributed by atoms with E-state index in [2.05, 4.69) is 15.5 Å². The Hall–Kier alpha value is -16.2. The van der Waals surface area contributed by atoms with Crippen LogP contribution in [0, 0.1) is 0 Å². The van der Waals surface area contributed by atoms with E-state index in [4.69, 9.17) is 85.7 Å². The molecule has 143 heavy (non-hydrogen) atoms. The van der Waals surface area contributed by atoms with E-state index in [9.17, 15) is 49.2 Å². The third kappa shape index (κ3) is 36.5. The van der Waals surface area contributed by atoms with E-state index in [1.165, 1.54) is 60.8 Å². The lowest BCUT2D eigenvalue weighted by atomic mass is 10.1. The van der Waals surface area contributed by atoms with Crippen molar-refractivity contribution in [2.24, 2.45) is 0 Å². The highest BCUT2D eigenvalue weighted by molar-refractivity contribution is 5.74. The van der Waals surface area contributed by atoms with Gasteiger partial charge in [0, 0.05) is 83.0 Å². The van der Waals surface area contributed by atoms with Crippen LogP contribution in [0.3, 0.4) is 0 Å². The Morgan fingerprint density at radius 3 is 1.01 bits per heavy atom. The summed E-state index contributed by atoms with van der Waals surface area (Å²) in [5.41, 5.74) is 7.39. The van der Waals surface area contributed by atoms with E-state index >= 15 is 0 Å². The zero-order valence-corrected chi connectivity index (χ0v) is 80.3. The summed E-state index contributed by atoms with van der Waals surface area (Å²) in [4.78, 5) is 68.3. The number of nitrogens with zero attached hydrogens (tertiary/aromatic N) is 9. The summed E-state index contributed by atoms with van der Waals surface area (Å²) in [6, 6.07) is 77.4. The molecule has 5 heterocycles. The van der Waals surface area contributed by atoms with Crippen molar-refractivity contribution >= 4 is 35.8 Å². The Morgan fingerprint density at radius 1 is 0.357 bits per heavy atom. The second kappa shape index (κ2) is 54.4. The maximum atomic E-state index is 13.0. The molecule has 0 amide bonds. The molecule has 5 unspecified atom stereocenters. The summed E-state index contributed by atoms with van der Waals surface area (Å²) in [6.07, 6.45) is 7.32. The van der Waals surface area contributed by atoms with Gasteiger partial charge in [0.1, 0.15) is 137 Å².